The Kier molecular flexibility index (Phi) is 6.49. The molecule has 0 saturated heterocycles. The number of nitrogens with zero attached hydrogens (tertiary/aromatic N) is 1. The Labute approximate surface area is 276 Å². The summed E-state index contributed by atoms with van der Waals surface area (Å²) in [5.41, 5.74) is 13.7. The van der Waals surface area contributed by atoms with Crippen LogP contribution in [0.5, 0.6) is 0 Å². The number of carbonyl (C=O) groups excluding carboxylic acids is 2. The highest BCUT2D eigenvalue weighted by atomic mass is 16.2. The number of para-hydroxylation sites is 1. The quantitative estimate of drug-likeness (QED) is 0.115. The normalized spacial score (nSPS) is 15.6. The predicted molar refractivity (Wildman–Crippen MR) is 197 cm³/mol. The van der Waals surface area contributed by atoms with Crippen molar-refractivity contribution in [2.75, 3.05) is 4.90 Å². The standard InChI is InChI=1S/C43H34BNO2/c1-25-9-8-10-26(2)39(25)29-15-19-37-36(23-29)43(3,4)40-32-17-13-27(22-35-41(46)33-18-16-30(44)24-34(33)42(35)47)21-28(32)14-20-38(40)45(37)31-11-6-5-7-12-31/h5-24H,44H2,1-4H3/b35-22-. The molecule has 0 amide bonds. The second-order valence-electron chi connectivity index (χ2n) is 13.5. The molecule has 0 atom stereocenters. The number of Topliss-reactive ketones (excluding diaryl/α,β-unsaturated/α-hetero) is 2. The first-order chi connectivity index (χ1) is 22.6. The van der Waals surface area contributed by atoms with Crippen molar-refractivity contribution in [3.8, 4) is 11.1 Å². The molecule has 0 aromatic heterocycles. The molecule has 2 aliphatic rings. The molecule has 0 N–H and O–H groups in total. The minimum atomic E-state index is -0.321. The molecule has 0 unspecified atom stereocenters. The molecule has 3 nitrogen and oxygen atoms in total. The maximum atomic E-state index is 13.3. The SMILES string of the molecule is Bc1ccc2c(c1)C(=O)/C(=C\c1ccc3c4c(ccc3c1)N(c1ccccc1)c1ccc(-c3c(C)cccc3C)cc1C4(C)C)C2=O. The molecule has 4 heteroatoms. The molecule has 8 rings (SSSR count). The molecule has 0 fully saturated rings. The molecule has 226 valence electrons. The summed E-state index contributed by atoms with van der Waals surface area (Å²) in [6, 6.07) is 40.1. The summed E-state index contributed by atoms with van der Waals surface area (Å²) in [6.45, 7) is 9.02. The number of benzene rings is 6. The van der Waals surface area contributed by atoms with Gasteiger partial charge in [0, 0.05) is 22.2 Å². The third kappa shape index (κ3) is 4.43. The van der Waals surface area contributed by atoms with Crippen molar-refractivity contribution in [3.63, 3.8) is 0 Å². The van der Waals surface area contributed by atoms with Crippen LogP contribution < -0.4 is 10.4 Å². The average molecular weight is 608 g/mol. The third-order valence-corrected chi connectivity index (χ3v) is 10.0. The van der Waals surface area contributed by atoms with Gasteiger partial charge in [0.25, 0.3) is 0 Å². The van der Waals surface area contributed by atoms with Gasteiger partial charge in [-0.3, -0.25) is 9.59 Å². The van der Waals surface area contributed by atoms with Crippen LogP contribution in [-0.4, -0.2) is 19.4 Å². The average Bonchev–Trinajstić information content (AvgIpc) is 3.29. The van der Waals surface area contributed by atoms with Crippen molar-refractivity contribution < 1.29 is 9.59 Å². The van der Waals surface area contributed by atoms with E-state index in [1.807, 2.05) is 26.0 Å². The lowest BCUT2D eigenvalue weighted by molar-refractivity contribution is 0.0990. The lowest BCUT2D eigenvalue weighted by atomic mass is 9.71. The zero-order valence-electron chi connectivity index (χ0n) is 27.3. The first kappa shape index (κ1) is 29.0. The minimum absolute atomic E-state index is 0.199. The fourth-order valence-corrected chi connectivity index (χ4v) is 7.78. The summed E-state index contributed by atoms with van der Waals surface area (Å²) >= 11 is 0. The molecule has 0 spiro atoms. The van der Waals surface area contributed by atoms with Gasteiger partial charge in [0.1, 0.15) is 7.85 Å². The van der Waals surface area contributed by atoms with Crippen molar-refractivity contribution in [2.45, 2.75) is 33.1 Å². The van der Waals surface area contributed by atoms with Gasteiger partial charge in [0.05, 0.1) is 16.9 Å². The van der Waals surface area contributed by atoms with E-state index >= 15 is 0 Å². The van der Waals surface area contributed by atoms with Gasteiger partial charge in [0.15, 0.2) is 11.6 Å². The minimum Gasteiger partial charge on any atom is -0.310 e. The molecule has 1 heterocycles. The first-order valence-electron chi connectivity index (χ1n) is 16.2. The zero-order chi connectivity index (χ0) is 32.6. The molecule has 47 heavy (non-hydrogen) atoms. The molecular formula is C43H34BNO2. The van der Waals surface area contributed by atoms with Gasteiger partial charge >= 0.3 is 0 Å². The Bertz CT molecular complexity index is 2330. The van der Waals surface area contributed by atoms with Crippen LogP contribution in [0.3, 0.4) is 0 Å². The highest BCUT2D eigenvalue weighted by Crippen LogP contribution is 2.54. The van der Waals surface area contributed by atoms with Gasteiger partial charge < -0.3 is 4.90 Å². The van der Waals surface area contributed by atoms with Gasteiger partial charge in [-0.25, -0.2) is 0 Å². The monoisotopic (exact) mass is 607 g/mol. The number of ketones is 2. The maximum Gasteiger partial charge on any atom is 0.197 e. The van der Waals surface area contributed by atoms with E-state index < -0.39 is 0 Å². The van der Waals surface area contributed by atoms with Gasteiger partial charge in [0.2, 0.25) is 0 Å². The molecule has 0 saturated carbocycles. The topological polar surface area (TPSA) is 37.4 Å². The van der Waals surface area contributed by atoms with Crippen molar-refractivity contribution in [1.82, 2.24) is 0 Å². The molecule has 6 aromatic rings. The van der Waals surface area contributed by atoms with Crippen molar-refractivity contribution >= 4 is 58.8 Å². The number of aryl methyl sites for hydroxylation is 2. The lowest BCUT2D eigenvalue weighted by Gasteiger charge is -2.43. The van der Waals surface area contributed by atoms with E-state index in [0.29, 0.717) is 11.1 Å². The van der Waals surface area contributed by atoms with Crippen LogP contribution in [-0.2, 0) is 5.41 Å². The second-order valence-corrected chi connectivity index (χ2v) is 13.5. The van der Waals surface area contributed by atoms with Gasteiger partial charge in [-0.05, 0) is 106 Å². The van der Waals surface area contributed by atoms with Gasteiger partial charge in [-0.2, -0.15) is 0 Å². The molecule has 0 radical (unpaired) electrons. The third-order valence-electron chi connectivity index (χ3n) is 10.0. The molecule has 1 aliphatic carbocycles. The zero-order valence-corrected chi connectivity index (χ0v) is 27.3. The fourth-order valence-electron chi connectivity index (χ4n) is 7.78. The molecule has 1 aliphatic heterocycles. The number of carbonyl (C=O) groups is 2. The summed E-state index contributed by atoms with van der Waals surface area (Å²) in [5, 5.41) is 2.22. The second kappa shape index (κ2) is 10.5. The number of hydrogen-bond donors (Lipinski definition) is 0. The maximum absolute atomic E-state index is 13.3. The Balaban J connectivity index is 1.31. The fraction of sp³-hybridized carbons (Fsp3) is 0.116. The van der Waals surface area contributed by atoms with E-state index in [-0.39, 0.29) is 22.6 Å². The van der Waals surface area contributed by atoms with Crippen LogP contribution in [0.1, 0.15) is 62.4 Å². The van der Waals surface area contributed by atoms with E-state index in [4.69, 9.17) is 0 Å². The molecule has 6 aromatic carbocycles. The summed E-state index contributed by atoms with van der Waals surface area (Å²) in [7, 11) is 1.94. The van der Waals surface area contributed by atoms with Crippen molar-refractivity contribution in [3.05, 3.63) is 160 Å². The van der Waals surface area contributed by atoms with Crippen LogP contribution in [0.25, 0.3) is 28.0 Å². The van der Waals surface area contributed by atoms with Gasteiger partial charge in [-0.1, -0.05) is 98.2 Å². The Morgan fingerprint density at radius 2 is 1.40 bits per heavy atom. The lowest BCUT2D eigenvalue weighted by Crippen LogP contribution is -2.31. The number of anilines is 3. The molecule has 0 bridgehead atoms. The van der Waals surface area contributed by atoms with Crippen molar-refractivity contribution in [1.29, 1.82) is 0 Å². The summed E-state index contributed by atoms with van der Waals surface area (Å²) in [6.07, 6.45) is 1.76. The van der Waals surface area contributed by atoms with Crippen LogP contribution in [0.15, 0.2) is 121 Å². The smallest absolute Gasteiger partial charge is 0.197 e. The summed E-state index contributed by atoms with van der Waals surface area (Å²) in [4.78, 5) is 28.9. The Hall–Kier alpha value is -5.48. The van der Waals surface area contributed by atoms with E-state index in [1.54, 1.807) is 12.1 Å². The van der Waals surface area contributed by atoms with E-state index in [9.17, 15) is 9.59 Å². The number of hydrogen-bond acceptors (Lipinski definition) is 3. The van der Waals surface area contributed by atoms with Crippen LogP contribution in [0.4, 0.5) is 17.1 Å². The van der Waals surface area contributed by atoms with Gasteiger partial charge in [-0.15, -0.1) is 0 Å². The van der Waals surface area contributed by atoms with E-state index in [2.05, 4.69) is 124 Å². The van der Waals surface area contributed by atoms with E-state index in [1.165, 1.54) is 39.1 Å². The summed E-state index contributed by atoms with van der Waals surface area (Å²) < 4.78 is 0. The van der Waals surface area contributed by atoms with Crippen LogP contribution >= 0.6 is 0 Å². The Morgan fingerprint density at radius 3 is 2.17 bits per heavy atom. The molecular weight excluding hydrogens is 573 g/mol. The highest BCUT2D eigenvalue weighted by molar-refractivity contribution is 6.43. The number of rotatable bonds is 3. The number of fused-ring (bicyclic) bond motifs is 5. The first-order valence-corrected chi connectivity index (χ1v) is 16.2. The predicted octanol–water partition coefficient (Wildman–Crippen LogP) is 8.95. The van der Waals surface area contributed by atoms with E-state index in [0.717, 1.165) is 33.2 Å². The van der Waals surface area contributed by atoms with Crippen molar-refractivity contribution in [2.24, 2.45) is 0 Å². The summed E-state index contributed by atoms with van der Waals surface area (Å²) in [5.74, 6) is -0.401. The number of allylic oxidation sites excluding steroid dienone is 1. The van der Waals surface area contributed by atoms with Crippen LogP contribution in [0, 0.1) is 13.8 Å². The highest BCUT2D eigenvalue weighted by Gasteiger charge is 2.39. The Morgan fingerprint density at radius 1 is 0.681 bits per heavy atom. The van der Waals surface area contributed by atoms with Crippen LogP contribution in [0.2, 0.25) is 0 Å². The largest absolute Gasteiger partial charge is 0.310 e.